The zero-order chi connectivity index (χ0) is 19.7. The second-order valence-electron chi connectivity index (χ2n) is 6.94. The number of para-hydroxylation sites is 1. The molecule has 1 aliphatic heterocycles. The molecule has 1 aromatic heterocycles. The van der Waals surface area contributed by atoms with Gasteiger partial charge in [-0.1, -0.05) is 18.2 Å². The molecule has 0 atom stereocenters. The summed E-state index contributed by atoms with van der Waals surface area (Å²) >= 11 is 0. The van der Waals surface area contributed by atoms with E-state index in [9.17, 15) is 14.9 Å². The molecule has 1 aliphatic rings. The number of benzene rings is 2. The number of carbonyl (C=O) groups excluding carboxylic acids is 1. The first kappa shape index (κ1) is 17.9. The van der Waals surface area contributed by atoms with Gasteiger partial charge in [0, 0.05) is 35.8 Å². The number of hydrogen-bond donors (Lipinski definition) is 1. The normalized spacial score (nSPS) is 13.7. The number of rotatable bonds is 4. The summed E-state index contributed by atoms with van der Waals surface area (Å²) in [5.74, 6) is -0.396. The zero-order valence-electron chi connectivity index (χ0n) is 15.5. The molecule has 0 saturated carbocycles. The van der Waals surface area contributed by atoms with Gasteiger partial charge in [0.05, 0.1) is 16.1 Å². The van der Waals surface area contributed by atoms with Gasteiger partial charge in [-0.25, -0.2) is 0 Å². The van der Waals surface area contributed by atoms with Crippen molar-refractivity contribution in [2.45, 2.75) is 19.8 Å². The molecular formula is C21H20N4O3. The highest BCUT2D eigenvalue weighted by atomic mass is 16.6. The lowest BCUT2D eigenvalue weighted by Gasteiger charge is -2.18. The van der Waals surface area contributed by atoms with Crippen molar-refractivity contribution >= 4 is 33.9 Å². The Balaban J connectivity index is 1.66. The average molecular weight is 376 g/mol. The monoisotopic (exact) mass is 376 g/mol. The summed E-state index contributed by atoms with van der Waals surface area (Å²) < 4.78 is 0. The van der Waals surface area contributed by atoms with Crippen LogP contribution in [0.15, 0.2) is 48.5 Å². The van der Waals surface area contributed by atoms with Crippen LogP contribution in [0.4, 0.5) is 17.1 Å². The Morgan fingerprint density at radius 1 is 1.14 bits per heavy atom. The van der Waals surface area contributed by atoms with Crippen LogP contribution in [0.25, 0.3) is 10.9 Å². The number of anilines is 2. The highest BCUT2D eigenvalue weighted by Gasteiger charge is 2.24. The molecule has 0 spiro atoms. The number of hydrogen-bond acceptors (Lipinski definition) is 5. The lowest BCUT2D eigenvalue weighted by atomic mass is 10.1. The number of carbonyl (C=O) groups is 1. The summed E-state index contributed by atoms with van der Waals surface area (Å²) in [6.45, 7) is 3.49. The molecule has 142 valence electrons. The van der Waals surface area contributed by atoms with Gasteiger partial charge in [0.25, 0.3) is 11.6 Å². The Bertz CT molecular complexity index is 1070. The Labute approximate surface area is 162 Å². The van der Waals surface area contributed by atoms with E-state index in [4.69, 9.17) is 0 Å². The average Bonchev–Trinajstić information content (AvgIpc) is 3.22. The van der Waals surface area contributed by atoms with Crippen molar-refractivity contribution in [3.8, 4) is 0 Å². The lowest BCUT2D eigenvalue weighted by Crippen LogP contribution is -2.20. The van der Waals surface area contributed by atoms with E-state index in [1.807, 2.05) is 36.1 Å². The molecular weight excluding hydrogens is 356 g/mol. The second kappa shape index (κ2) is 7.26. The largest absolute Gasteiger partial charge is 0.366 e. The summed E-state index contributed by atoms with van der Waals surface area (Å²) in [4.78, 5) is 30.4. The molecule has 0 aliphatic carbocycles. The summed E-state index contributed by atoms with van der Waals surface area (Å²) in [5, 5.41) is 15.3. The number of nitro groups is 1. The van der Waals surface area contributed by atoms with Crippen LogP contribution in [0.1, 0.15) is 28.9 Å². The predicted molar refractivity (Wildman–Crippen MR) is 109 cm³/mol. The van der Waals surface area contributed by atoms with Crippen molar-refractivity contribution in [3.05, 3.63) is 69.9 Å². The second-order valence-corrected chi connectivity index (χ2v) is 6.94. The van der Waals surface area contributed by atoms with Crippen molar-refractivity contribution in [3.63, 3.8) is 0 Å². The van der Waals surface area contributed by atoms with Crippen molar-refractivity contribution in [2.24, 2.45) is 0 Å². The van der Waals surface area contributed by atoms with Crippen molar-refractivity contribution < 1.29 is 9.72 Å². The van der Waals surface area contributed by atoms with E-state index < -0.39 is 10.8 Å². The number of pyridine rings is 1. The Morgan fingerprint density at radius 2 is 1.93 bits per heavy atom. The van der Waals surface area contributed by atoms with Crippen LogP contribution in [0, 0.1) is 17.0 Å². The maximum atomic E-state index is 12.8. The molecule has 4 rings (SSSR count). The lowest BCUT2D eigenvalue weighted by molar-refractivity contribution is -0.384. The van der Waals surface area contributed by atoms with Crippen molar-refractivity contribution in [1.29, 1.82) is 0 Å². The molecule has 1 saturated heterocycles. The third-order valence-electron chi connectivity index (χ3n) is 4.99. The van der Waals surface area contributed by atoms with Crippen LogP contribution in [0.5, 0.6) is 0 Å². The molecule has 2 heterocycles. The van der Waals surface area contributed by atoms with Crippen LogP contribution in [0.3, 0.4) is 0 Å². The van der Waals surface area contributed by atoms with Crippen LogP contribution in [0.2, 0.25) is 0 Å². The van der Waals surface area contributed by atoms with Gasteiger partial charge in [-0.3, -0.25) is 19.9 Å². The maximum absolute atomic E-state index is 12.8. The summed E-state index contributed by atoms with van der Waals surface area (Å²) in [6, 6.07) is 14.1. The first-order valence-electron chi connectivity index (χ1n) is 9.24. The van der Waals surface area contributed by atoms with E-state index in [-0.39, 0.29) is 11.3 Å². The zero-order valence-corrected chi connectivity index (χ0v) is 15.5. The fourth-order valence-corrected chi connectivity index (χ4v) is 3.58. The molecule has 1 fully saturated rings. The highest BCUT2D eigenvalue weighted by molar-refractivity contribution is 6.08. The fraction of sp³-hybridized carbons (Fsp3) is 0.238. The van der Waals surface area contributed by atoms with E-state index in [1.54, 1.807) is 18.2 Å². The number of amides is 1. The van der Waals surface area contributed by atoms with Gasteiger partial charge in [-0.05, 0) is 44.0 Å². The van der Waals surface area contributed by atoms with E-state index in [0.717, 1.165) is 37.0 Å². The number of nitro benzene ring substituents is 1. The maximum Gasteiger partial charge on any atom is 0.293 e. The minimum absolute atomic E-state index is 0.0403. The van der Waals surface area contributed by atoms with Crippen LogP contribution >= 0.6 is 0 Å². The molecule has 0 unspecified atom stereocenters. The first-order chi connectivity index (χ1) is 13.5. The number of aromatic nitrogens is 1. The highest BCUT2D eigenvalue weighted by Crippen LogP contribution is 2.32. The molecule has 0 radical (unpaired) electrons. The van der Waals surface area contributed by atoms with Crippen molar-refractivity contribution in [1.82, 2.24) is 4.98 Å². The van der Waals surface area contributed by atoms with E-state index in [2.05, 4.69) is 10.3 Å². The minimum Gasteiger partial charge on any atom is -0.366 e. The molecule has 28 heavy (non-hydrogen) atoms. The molecule has 7 nitrogen and oxygen atoms in total. The molecule has 1 N–H and O–H groups in total. The third kappa shape index (κ3) is 3.38. The van der Waals surface area contributed by atoms with E-state index in [0.29, 0.717) is 16.9 Å². The van der Waals surface area contributed by atoms with Gasteiger partial charge in [0.1, 0.15) is 5.69 Å². The Kier molecular flexibility index (Phi) is 4.65. The van der Waals surface area contributed by atoms with Crippen LogP contribution in [-0.2, 0) is 0 Å². The standard InChI is InChI=1S/C21H20N4O3/c1-14-7-8-15-5-4-6-17(20(15)22-14)23-21(26)16-9-10-18(19(13-16)25(27)28)24-11-2-3-12-24/h4-10,13H,2-3,11-12H2,1H3,(H,23,26). The molecule has 7 heteroatoms. The van der Waals surface area contributed by atoms with Gasteiger partial charge < -0.3 is 10.2 Å². The fourth-order valence-electron chi connectivity index (χ4n) is 3.58. The van der Waals surface area contributed by atoms with Crippen LogP contribution in [-0.4, -0.2) is 28.9 Å². The molecule has 0 bridgehead atoms. The topological polar surface area (TPSA) is 88.4 Å². The Morgan fingerprint density at radius 3 is 2.68 bits per heavy atom. The first-order valence-corrected chi connectivity index (χ1v) is 9.24. The van der Waals surface area contributed by atoms with Gasteiger partial charge >= 0.3 is 0 Å². The minimum atomic E-state index is -0.423. The molecule has 2 aromatic carbocycles. The summed E-state index contributed by atoms with van der Waals surface area (Å²) in [6.07, 6.45) is 2.04. The molecule has 1 amide bonds. The summed E-state index contributed by atoms with van der Waals surface area (Å²) in [7, 11) is 0. The quantitative estimate of drug-likeness (QED) is 0.542. The van der Waals surface area contributed by atoms with Crippen LogP contribution < -0.4 is 10.2 Å². The SMILES string of the molecule is Cc1ccc2cccc(NC(=O)c3ccc(N4CCCC4)c([N+](=O)[O-])c3)c2n1. The Hall–Kier alpha value is -3.48. The number of nitrogens with one attached hydrogen (secondary N) is 1. The van der Waals surface area contributed by atoms with E-state index >= 15 is 0 Å². The van der Waals surface area contributed by atoms with Gasteiger partial charge in [-0.2, -0.15) is 0 Å². The van der Waals surface area contributed by atoms with E-state index in [1.165, 1.54) is 6.07 Å². The third-order valence-corrected chi connectivity index (χ3v) is 4.99. The van der Waals surface area contributed by atoms with Gasteiger partial charge in [-0.15, -0.1) is 0 Å². The number of nitrogens with zero attached hydrogens (tertiary/aromatic N) is 3. The number of aryl methyl sites for hydroxylation is 1. The predicted octanol–water partition coefficient (Wildman–Crippen LogP) is 4.30. The van der Waals surface area contributed by atoms with Gasteiger partial charge in [0.2, 0.25) is 0 Å². The van der Waals surface area contributed by atoms with Crippen molar-refractivity contribution in [2.75, 3.05) is 23.3 Å². The summed E-state index contributed by atoms with van der Waals surface area (Å²) in [5.41, 5.74) is 2.90. The molecule has 3 aromatic rings. The number of fused-ring (bicyclic) bond motifs is 1. The van der Waals surface area contributed by atoms with Gasteiger partial charge in [0.15, 0.2) is 0 Å². The smallest absolute Gasteiger partial charge is 0.293 e.